The van der Waals surface area contributed by atoms with Crippen LogP contribution in [0, 0.1) is 0 Å². The van der Waals surface area contributed by atoms with Crippen molar-refractivity contribution in [2.45, 2.75) is 6.61 Å². The molecule has 5 aromatic rings. The van der Waals surface area contributed by atoms with E-state index in [1.807, 2.05) is 42.5 Å². The number of para-hydroxylation sites is 1. The first kappa shape index (κ1) is 26.2. The van der Waals surface area contributed by atoms with E-state index in [1.54, 1.807) is 60.7 Å². The molecular weight excluding hydrogens is 535 g/mol. The summed E-state index contributed by atoms with van der Waals surface area (Å²) in [7, 11) is 1.32. The molecule has 1 aromatic heterocycles. The van der Waals surface area contributed by atoms with Gasteiger partial charge in [0, 0.05) is 0 Å². The number of ether oxygens (including phenoxy) is 2. The van der Waals surface area contributed by atoms with Crippen molar-refractivity contribution in [2.75, 3.05) is 7.11 Å². The van der Waals surface area contributed by atoms with E-state index in [0.29, 0.717) is 50.4 Å². The Balaban J connectivity index is 1.42. The normalized spacial score (nSPS) is 11.2. The van der Waals surface area contributed by atoms with Crippen LogP contribution in [0.2, 0.25) is 10.0 Å². The van der Waals surface area contributed by atoms with Gasteiger partial charge in [-0.2, -0.15) is 0 Å². The molecular formula is C31H22Cl2N2O4. The van der Waals surface area contributed by atoms with E-state index < -0.39 is 5.97 Å². The molecule has 0 saturated heterocycles. The summed E-state index contributed by atoms with van der Waals surface area (Å²) in [5, 5.41) is 1.48. The van der Waals surface area contributed by atoms with Crippen molar-refractivity contribution >= 4 is 52.2 Å². The molecule has 5 rings (SSSR count). The predicted molar refractivity (Wildman–Crippen MR) is 155 cm³/mol. The predicted octanol–water partition coefficient (Wildman–Crippen LogP) is 7.23. The number of nitrogens with zero attached hydrogens (tertiary/aromatic N) is 2. The molecule has 1 heterocycles. The molecule has 8 heteroatoms. The second-order valence-corrected chi connectivity index (χ2v) is 9.42. The molecule has 0 spiro atoms. The molecule has 0 bridgehead atoms. The minimum Gasteiger partial charge on any atom is -0.489 e. The largest absolute Gasteiger partial charge is 0.489 e. The number of fused-ring (bicyclic) bond motifs is 1. The van der Waals surface area contributed by atoms with Gasteiger partial charge in [-0.1, -0.05) is 59.6 Å². The van der Waals surface area contributed by atoms with Crippen molar-refractivity contribution in [1.29, 1.82) is 0 Å². The van der Waals surface area contributed by atoms with Crippen LogP contribution in [0.25, 0.3) is 28.7 Å². The van der Waals surface area contributed by atoms with Crippen LogP contribution in [-0.4, -0.2) is 22.6 Å². The molecule has 194 valence electrons. The average Bonchev–Trinajstić information content (AvgIpc) is 2.97. The molecule has 0 unspecified atom stereocenters. The lowest BCUT2D eigenvalue weighted by Gasteiger charge is -2.12. The topological polar surface area (TPSA) is 70.4 Å². The van der Waals surface area contributed by atoms with E-state index in [9.17, 15) is 9.59 Å². The zero-order chi connectivity index (χ0) is 27.4. The summed E-state index contributed by atoms with van der Waals surface area (Å²) < 4.78 is 12.2. The van der Waals surface area contributed by atoms with Crippen LogP contribution in [0.3, 0.4) is 0 Å². The van der Waals surface area contributed by atoms with Crippen molar-refractivity contribution < 1.29 is 14.3 Å². The number of aromatic nitrogens is 2. The number of benzene rings is 4. The van der Waals surface area contributed by atoms with Crippen molar-refractivity contribution in [3.8, 4) is 11.4 Å². The summed E-state index contributed by atoms with van der Waals surface area (Å²) in [6, 6.07) is 26.8. The van der Waals surface area contributed by atoms with E-state index in [1.165, 1.54) is 11.7 Å². The quantitative estimate of drug-likeness (QED) is 0.198. The molecule has 4 aromatic carbocycles. The van der Waals surface area contributed by atoms with Crippen molar-refractivity contribution in [3.05, 3.63) is 134 Å². The van der Waals surface area contributed by atoms with Crippen LogP contribution >= 0.6 is 23.2 Å². The summed E-state index contributed by atoms with van der Waals surface area (Å²) >= 11 is 12.1. The molecule has 0 N–H and O–H groups in total. The van der Waals surface area contributed by atoms with Gasteiger partial charge in [-0.05, 0) is 77.9 Å². The van der Waals surface area contributed by atoms with Crippen molar-refractivity contribution in [2.24, 2.45) is 0 Å². The molecule has 0 radical (unpaired) electrons. The minimum absolute atomic E-state index is 0.211. The molecule has 0 aliphatic carbocycles. The molecule has 0 aliphatic heterocycles. The third-order valence-electron chi connectivity index (χ3n) is 6.04. The second kappa shape index (κ2) is 11.6. The lowest BCUT2D eigenvalue weighted by molar-refractivity contribution is 0.0600. The standard InChI is InChI=1S/C31H22Cl2N2O4/c1-38-31(37)22-10-12-23(13-11-22)35-29(34-28-5-3-2-4-25(28)30(35)36)17-9-20-6-14-24(15-7-20)39-19-21-8-16-26(32)27(33)18-21/h2-18H,19H2,1H3. The van der Waals surface area contributed by atoms with Gasteiger partial charge in [0.15, 0.2) is 0 Å². The fourth-order valence-corrected chi connectivity index (χ4v) is 4.34. The van der Waals surface area contributed by atoms with E-state index in [2.05, 4.69) is 0 Å². The first-order valence-corrected chi connectivity index (χ1v) is 12.7. The first-order valence-electron chi connectivity index (χ1n) is 12.0. The summed E-state index contributed by atoms with van der Waals surface area (Å²) in [4.78, 5) is 30.1. The molecule has 0 saturated carbocycles. The van der Waals surface area contributed by atoms with Gasteiger partial charge in [-0.15, -0.1) is 0 Å². The van der Waals surface area contributed by atoms with Gasteiger partial charge >= 0.3 is 5.97 Å². The molecule has 0 atom stereocenters. The molecule has 39 heavy (non-hydrogen) atoms. The minimum atomic E-state index is -0.449. The smallest absolute Gasteiger partial charge is 0.337 e. The Kier molecular flexibility index (Phi) is 7.77. The number of hydrogen-bond donors (Lipinski definition) is 0. The SMILES string of the molecule is COC(=O)c1ccc(-n2c(C=Cc3ccc(OCc4ccc(Cl)c(Cl)c4)cc3)nc3ccccc3c2=O)cc1. The van der Waals surface area contributed by atoms with Crippen LogP contribution in [0.5, 0.6) is 5.75 Å². The van der Waals surface area contributed by atoms with Gasteiger partial charge in [0.2, 0.25) is 0 Å². The second-order valence-electron chi connectivity index (χ2n) is 8.61. The Morgan fingerprint density at radius 3 is 2.36 bits per heavy atom. The van der Waals surface area contributed by atoms with Crippen LogP contribution in [0.4, 0.5) is 0 Å². The number of methoxy groups -OCH3 is 1. The van der Waals surface area contributed by atoms with Gasteiger partial charge in [0.1, 0.15) is 18.2 Å². The van der Waals surface area contributed by atoms with Gasteiger partial charge in [-0.3, -0.25) is 9.36 Å². The van der Waals surface area contributed by atoms with Gasteiger partial charge in [0.05, 0.1) is 39.3 Å². The van der Waals surface area contributed by atoms with Crippen LogP contribution in [-0.2, 0) is 11.3 Å². The summed E-state index contributed by atoms with van der Waals surface area (Å²) in [5.74, 6) is 0.698. The number of carbonyl (C=O) groups is 1. The van der Waals surface area contributed by atoms with Gasteiger partial charge in [0.25, 0.3) is 5.56 Å². The molecule has 0 fully saturated rings. The highest BCUT2D eigenvalue weighted by Crippen LogP contribution is 2.24. The van der Waals surface area contributed by atoms with E-state index in [0.717, 1.165) is 11.1 Å². The lowest BCUT2D eigenvalue weighted by atomic mass is 10.1. The number of halogens is 2. The fraction of sp³-hybridized carbons (Fsp3) is 0.0645. The molecule has 0 aliphatic rings. The Morgan fingerprint density at radius 1 is 0.897 bits per heavy atom. The fourth-order valence-electron chi connectivity index (χ4n) is 4.02. The van der Waals surface area contributed by atoms with Crippen LogP contribution in [0.1, 0.15) is 27.3 Å². The lowest BCUT2D eigenvalue weighted by Crippen LogP contribution is -2.22. The monoisotopic (exact) mass is 556 g/mol. The number of carbonyl (C=O) groups excluding carboxylic acids is 1. The third-order valence-corrected chi connectivity index (χ3v) is 6.78. The Labute approximate surface area is 234 Å². The van der Waals surface area contributed by atoms with E-state index >= 15 is 0 Å². The van der Waals surface area contributed by atoms with E-state index in [-0.39, 0.29) is 5.56 Å². The average molecular weight is 557 g/mol. The van der Waals surface area contributed by atoms with Gasteiger partial charge in [-0.25, -0.2) is 9.78 Å². The highest BCUT2D eigenvalue weighted by atomic mass is 35.5. The highest BCUT2D eigenvalue weighted by Gasteiger charge is 2.12. The van der Waals surface area contributed by atoms with Gasteiger partial charge < -0.3 is 9.47 Å². The summed E-state index contributed by atoms with van der Waals surface area (Å²) in [6.45, 7) is 0.355. The Morgan fingerprint density at radius 2 is 1.64 bits per heavy atom. The Bertz CT molecular complexity index is 1740. The zero-order valence-electron chi connectivity index (χ0n) is 20.8. The zero-order valence-corrected chi connectivity index (χ0v) is 22.3. The highest BCUT2D eigenvalue weighted by molar-refractivity contribution is 6.42. The maximum atomic E-state index is 13.5. The summed E-state index contributed by atoms with van der Waals surface area (Å²) in [6.07, 6.45) is 3.66. The maximum absolute atomic E-state index is 13.5. The van der Waals surface area contributed by atoms with E-state index in [4.69, 9.17) is 37.7 Å². The first-order chi connectivity index (χ1) is 18.9. The third kappa shape index (κ3) is 5.87. The molecule has 0 amide bonds. The number of rotatable bonds is 7. The number of esters is 1. The van der Waals surface area contributed by atoms with Crippen LogP contribution in [0.15, 0.2) is 95.8 Å². The maximum Gasteiger partial charge on any atom is 0.337 e. The Hall–Kier alpha value is -4.39. The van der Waals surface area contributed by atoms with Crippen LogP contribution < -0.4 is 10.3 Å². The van der Waals surface area contributed by atoms with Crippen molar-refractivity contribution in [1.82, 2.24) is 9.55 Å². The molecule has 6 nitrogen and oxygen atoms in total. The summed E-state index contributed by atoms with van der Waals surface area (Å²) in [5.41, 5.74) is 3.16. The van der Waals surface area contributed by atoms with Crippen molar-refractivity contribution in [3.63, 3.8) is 0 Å². The number of hydrogen-bond acceptors (Lipinski definition) is 5.